The van der Waals surface area contributed by atoms with Crippen LogP contribution in [0.25, 0.3) is 0 Å². The Balaban J connectivity index is 1.74. The van der Waals surface area contributed by atoms with Crippen LogP contribution in [0, 0.1) is 0 Å². The number of nitrogens with one attached hydrogen (secondary N) is 2. The van der Waals surface area contributed by atoms with Crippen molar-refractivity contribution in [3.8, 4) is 0 Å². The molecule has 0 saturated carbocycles. The lowest BCUT2D eigenvalue weighted by Gasteiger charge is -2.16. The SMILES string of the molecule is C[C@H](NC(=O)c1ccc(Cl)c(S(=O)(=O)NC[C@@H]2CCCO2)c1)c1cccc(Cl)c1. The molecule has 1 heterocycles. The van der Waals surface area contributed by atoms with Gasteiger partial charge in [-0.3, -0.25) is 4.79 Å². The molecule has 0 unspecified atom stereocenters. The number of amides is 1. The van der Waals surface area contributed by atoms with Crippen LogP contribution in [0.1, 0.15) is 41.7 Å². The summed E-state index contributed by atoms with van der Waals surface area (Å²) < 4.78 is 33.3. The molecule has 156 valence electrons. The van der Waals surface area contributed by atoms with E-state index in [9.17, 15) is 13.2 Å². The minimum absolute atomic E-state index is 0.0456. The smallest absolute Gasteiger partial charge is 0.251 e. The molecule has 3 rings (SSSR count). The third-order valence-electron chi connectivity index (χ3n) is 4.70. The quantitative estimate of drug-likeness (QED) is 0.660. The molecule has 29 heavy (non-hydrogen) atoms. The van der Waals surface area contributed by atoms with Crippen molar-refractivity contribution in [1.82, 2.24) is 10.0 Å². The Kier molecular flexibility index (Phi) is 7.19. The Morgan fingerprint density at radius 2 is 2.03 bits per heavy atom. The van der Waals surface area contributed by atoms with Gasteiger partial charge in [-0.25, -0.2) is 13.1 Å². The number of hydrogen-bond acceptors (Lipinski definition) is 4. The van der Waals surface area contributed by atoms with Crippen molar-refractivity contribution in [2.45, 2.75) is 36.8 Å². The monoisotopic (exact) mass is 456 g/mol. The summed E-state index contributed by atoms with van der Waals surface area (Å²) in [6, 6.07) is 11.0. The van der Waals surface area contributed by atoms with Crippen molar-refractivity contribution < 1.29 is 17.9 Å². The molecular weight excluding hydrogens is 435 g/mol. The molecule has 9 heteroatoms. The number of carbonyl (C=O) groups excluding carboxylic acids is 1. The number of rotatable bonds is 7. The van der Waals surface area contributed by atoms with Gasteiger partial charge in [0.2, 0.25) is 10.0 Å². The molecule has 2 atom stereocenters. The first-order valence-electron chi connectivity index (χ1n) is 9.23. The van der Waals surface area contributed by atoms with Crippen LogP contribution in [0.2, 0.25) is 10.0 Å². The van der Waals surface area contributed by atoms with Gasteiger partial charge in [0.25, 0.3) is 5.91 Å². The normalized spacial score (nSPS) is 17.8. The maximum Gasteiger partial charge on any atom is 0.251 e. The molecule has 1 amide bonds. The topological polar surface area (TPSA) is 84.5 Å². The average Bonchev–Trinajstić information content (AvgIpc) is 3.20. The van der Waals surface area contributed by atoms with Gasteiger partial charge >= 0.3 is 0 Å². The Bertz CT molecular complexity index is 992. The standard InChI is InChI=1S/C20H22Cl2N2O4S/c1-13(14-4-2-5-16(21)10-14)24-20(25)15-7-8-18(22)19(11-15)29(26,27)23-12-17-6-3-9-28-17/h2,4-5,7-8,10-11,13,17,23H,3,6,9,12H2,1H3,(H,24,25)/t13-,17-/m0/s1. The van der Waals surface area contributed by atoms with Gasteiger partial charge in [0.1, 0.15) is 4.90 Å². The van der Waals surface area contributed by atoms with Gasteiger partial charge in [0.05, 0.1) is 17.2 Å². The van der Waals surface area contributed by atoms with Crippen LogP contribution in [-0.2, 0) is 14.8 Å². The van der Waals surface area contributed by atoms with Gasteiger partial charge in [0, 0.05) is 23.7 Å². The molecule has 2 aromatic carbocycles. The van der Waals surface area contributed by atoms with E-state index < -0.39 is 15.9 Å². The van der Waals surface area contributed by atoms with Crippen LogP contribution in [0.15, 0.2) is 47.4 Å². The Labute approximate surface area is 180 Å². The minimum atomic E-state index is -3.88. The molecule has 0 spiro atoms. The highest BCUT2D eigenvalue weighted by molar-refractivity contribution is 7.89. The van der Waals surface area contributed by atoms with Crippen LogP contribution in [0.4, 0.5) is 0 Å². The van der Waals surface area contributed by atoms with E-state index in [1.165, 1.54) is 18.2 Å². The summed E-state index contributed by atoms with van der Waals surface area (Å²) >= 11 is 12.1. The van der Waals surface area contributed by atoms with Crippen molar-refractivity contribution >= 4 is 39.1 Å². The lowest BCUT2D eigenvalue weighted by atomic mass is 10.1. The van der Waals surface area contributed by atoms with Gasteiger partial charge in [-0.2, -0.15) is 0 Å². The first kappa shape index (κ1) is 22.1. The zero-order valence-corrected chi connectivity index (χ0v) is 18.2. The van der Waals surface area contributed by atoms with Crippen LogP contribution >= 0.6 is 23.2 Å². The van der Waals surface area contributed by atoms with Crippen molar-refractivity contribution in [2.75, 3.05) is 13.2 Å². The van der Waals surface area contributed by atoms with Crippen molar-refractivity contribution in [1.29, 1.82) is 0 Å². The van der Waals surface area contributed by atoms with Crippen molar-refractivity contribution in [3.05, 3.63) is 63.6 Å². The van der Waals surface area contributed by atoms with Gasteiger partial charge < -0.3 is 10.1 Å². The van der Waals surface area contributed by atoms with Gasteiger partial charge in [-0.15, -0.1) is 0 Å². The third kappa shape index (κ3) is 5.71. The molecule has 1 saturated heterocycles. The zero-order chi connectivity index (χ0) is 21.0. The summed E-state index contributed by atoms with van der Waals surface area (Å²) in [7, 11) is -3.88. The largest absolute Gasteiger partial charge is 0.377 e. The second kappa shape index (κ2) is 9.45. The Morgan fingerprint density at radius 3 is 2.72 bits per heavy atom. The molecular formula is C20H22Cl2N2O4S. The fourth-order valence-corrected chi connectivity index (χ4v) is 4.86. The number of halogens is 2. The molecule has 0 aromatic heterocycles. The summed E-state index contributed by atoms with van der Waals surface area (Å²) in [5, 5.41) is 3.45. The maximum atomic E-state index is 12.7. The predicted molar refractivity (Wildman–Crippen MR) is 113 cm³/mol. The lowest BCUT2D eigenvalue weighted by Crippen LogP contribution is -2.32. The molecule has 1 fully saturated rings. The van der Waals surface area contributed by atoms with Gasteiger partial charge in [-0.05, 0) is 55.7 Å². The molecule has 6 nitrogen and oxygen atoms in total. The minimum Gasteiger partial charge on any atom is -0.377 e. The van der Waals surface area contributed by atoms with Crippen LogP contribution < -0.4 is 10.0 Å². The summed E-state index contributed by atoms with van der Waals surface area (Å²) in [5.74, 6) is -0.412. The fraction of sp³-hybridized carbons (Fsp3) is 0.350. The van der Waals surface area contributed by atoms with Crippen LogP contribution in [0.3, 0.4) is 0 Å². The van der Waals surface area contributed by atoms with E-state index in [0.717, 1.165) is 18.4 Å². The number of benzene rings is 2. The third-order valence-corrected chi connectivity index (χ3v) is 6.84. The van der Waals surface area contributed by atoms with Crippen LogP contribution in [-0.4, -0.2) is 33.6 Å². The molecule has 2 N–H and O–H groups in total. The van der Waals surface area contributed by atoms with E-state index in [2.05, 4.69) is 10.0 Å². The zero-order valence-electron chi connectivity index (χ0n) is 15.8. The van der Waals surface area contributed by atoms with Gasteiger partial charge in [0.15, 0.2) is 0 Å². The van der Waals surface area contributed by atoms with Gasteiger partial charge in [-0.1, -0.05) is 35.3 Å². The Hall–Kier alpha value is -1.64. The van der Waals surface area contributed by atoms with E-state index in [0.29, 0.717) is 11.6 Å². The van der Waals surface area contributed by atoms with E-state index in [1.54, 1.807) is 18.2 Å². The first-order chi connectivity index (χ1) is 13.8. The molecule has 0 bridgehead atoms. The van der Waals surface area contributed by atoms with E-state index in [4.69, 9.17) is 27.9 Å². The summed E-state index contributed by atoms with van der Waals surface area (Å²) in [4.78, 5) is 12.5. The van der Waals surface area contributed by atoms with Crippen LogP contribution in [0.5, 0.6) is 0 Å². The van der Waals surface area contributed by atoms with Crippen molar-refractivity contribution in [3.63, 3.8) is 0 Å². The van der Waals surface area contributed by atoms with Crippen molar-refractivity contribution in [2.24, 2.45) is 0 Å². The van der Waals surface area contributed by atoms with E-state index >= 15 is 0 Å². The number of ether oxygens (including phenoxy) is 1. The van der Waals surface area contributed by atoms with E-state index in [1.807, 2.05) is 13.0 Å². The summed E-state index contributed by atoms with van der Waals surface area (Å²) in [6.45, 7) is 2.62. The molecule has 0 radical (unpaired) electrons. The highest BCUT2D eigenvalue weighted by atomic mass is 35.5. The second-order valence-electron chi connectivity index (χ2n) is 6.88. The average molecular weight is 457 g/mol. The molecule has 2 aromatic rings. The number of carbonyl (C=O) groups is 1. The summed E-state index contributed by atoms with van der Waals surface area (Å²) in [6.07, 6.45) is 1.57. The molecule has 1 aliphatic heterocycles. The van der Waals surface area contributed by atoms with E-state index in [-0.39, 0.29) is 34.2 Å². The first-order valence-corrected chi connectivity index (χ1v) is 11.5. The molecule has 1 aliphatic rings. The number of hydrogen-bond donors (Lipinski definition) is 2. The highest BCUT2D eigenvalue weighted by Gasteiger charge is 2.23. The predicted octanol–water partition coefficient (Wildman–Crippen LogP) is 3.94. The highest BCUT2D eigenvalue weighted by Crippen LogP contribution is 2.24. The fourth-order valence-electron chi connectivity index (χ4n) is 3.08. The summed E-state index contributed by atoms with van der Waals surface area (Å²) in [5.41, 5.74) is 1.03. The lowest BCUT2D eigenvalue weighted by molar-refractivity contribution is 0.0939. The maximum absolute atomic E-state index is 12.7. The Morgan fingerprint density at radius 1 is 1.24 bits per heavy atom. The second-order valence-corrected chi connectivity index (χ2v) is 9.46. The molecule has 0 aliphatic carbocycles. The number of sulfonamides is 1.